The minimum Gasteiger partial charge on any atom is -0.371 e. The lowest BCUT2D eigenvalue weighted by Crippen LogP contribution is -2.49. The minimum absolute atomic E-state index is 0.340. The zero-order chi connectivity index (χ0) is 16.4. The van der Waals surface area contributed by atoms with E-state index in [2.05, 4.69) is 44.7 Å². The number of pyridine rings is 1. The lowest BCUT2D eigenvalue weighted by molar-refractivity contribution is 0.0440. The van der Waals surface area contributed by atoms with Crippen molar-refractivity contribution in [3.05, 3.63) is 54.1 Å². The highest BCUT2D eigenvalue weighted by molar-refractivity contribution is 5.07. The van der Waals surface area contributed by atoms with Crippen LogP contribution in [-0.4, -0.2) is 57.7 Å². The molecule has 2 fully saturated rings. The summed E-state index contributed by atoms with van der Waals surface area (Å²) in [5.41, 5.74) is 2.41. The van der Waals surface area contributed by atoms with Crippen LogP contribution in [-0.2, 0) is 24.9 Å². The molecule has 0 aromatic carbocycles. The number of aryl methyl sites for hydroxylation is 1. The molecule has 0 N–H and O–H groups in total. The van der Waals surface area contributed by atoms with Gasteiger partial charge in [-0.15, -0.1) is 0 Å². The van der Waals surface area contributed by atoms with Crippen LogP contribution in [0, 0.1) is 0 Å². The Bertz CT molecular complexity index is 656. The second-order valence-electron chi connectivity index (χ2n) is 6.98. The molecule has 0 amide bonds. The number of hydrogen-bond donors (Lipinski definition) is 0. The van der Waals surface area contributed by atoms with E-state index >= 15 is 0 Å². The van der Waals surface area contributed by atoms with Crippen molar-refractivity contribution in [2.45, 2.75) is 31.7 Å². The summed E-state index contributed by atoms with van der Waals surface area (Å²) in [6, 6.07) is 11.0. The van der Waals surface area contributed by atoms with E-state index < -0.39 is 0 Å². The predicted molar refractivity (Wildman–Crippen MR) is 93.5 cm³/mol. The van der Waals surface area contributed by atoms with Gasteiger partial charge in [-0.3, -0.25) is 14.8 Å². The fourth-order valence-corrected chi connectivity index (χ4v) is 3.90. The monoisotopic (exact) mass is 326 g/mol. The van der Waals surface area contributed by atoms with Crippen molar-refractivity contribution in [2.24, 2.45) is 7.05 Å². The van der Waals surface area contributed by atoms with E-state index in [-0.39, 0.29) is 0 Å². The van der Waals surface area contributed by atoms with Gasteiger partial charge in [-0.1, -0.05) is 6.07 Å². The fourth-order valence-electron chi connectivity index (χ4n) is 3.90. The number of ether oxygens (including phenoxy) is 1. The number of piperazine rings is 1. The van der Waals surface area contributed by atoms with E-state index in [0.717, 1.165) is 44.8 Å². The Labute approximate surface area is 143 Å². The summed E-state index contributed by atoms with van der Waals surface area (Å²) in [6.07, 6.45) is 5.43. The van der Waals surface area contributed by atoms with Gasteiger partial charge in [0.15, 0.2) is 0 Å². The quantitative estimate of drug-likeness (QED) is 0.840. The van der Waals surface area contributed by atoms with Crippen LogP contribution in [0.3, 0.4) is 0 Å². The van der Waals surface area contributed by atoms with Crippen LogP contribution >= 0.6 is 0 Å². The highest BCUT2D eigenvalue weighted by Crippen LogP contribution is 2.25. The van der Waals surface area contributed by atoms with Crippen molar-refractivity contribution in [3.63, 3.8) is 0 Å². The van der Waals surface area contributed by atoms with Crippen LogP contribution in [0.2, 0.25) is 0 Å². The first-order valence-corrected chi connectivity index (χ1v) is 8.86. The number of aromatic nitrogens is 2. The van der Waals surface area contributed by atoms with Crippen molar-refractivity contribution in [2.75, 3.05) is 26.2 Å². The third kappa shape index (κ3) is 3.53. The first kappa shape index (κ1) is 15.8. The van der Waals surface area contributed by atoms with E-state index in [1.165, 1.54) is 5.69 Å². The van der Waals surface area contributed by atoms with Gasteiger partial charge < -0.3 is 9.30 Å². The van der Waals surface area contributed by atoms with Crippen LogP contribution in [0.4, 0.5) is 0 Å². The minimum atomic E-state index is 0.340. The molecule has 2 atom stereocenters. The number of nitrogens with zero attached hydrogens (tertiary/aromatic N) is 4. The third-order valence-corrected chi connectivity index (χ3v) is 5.29. The van der Waals surface area contributed by atoms with E-state index in [9.17, 15) is 0 Å². The SMILES string of the molecule is Cn1cccc1CN1CCN2C[C@H](OCc3ccccn3)C[C@H]2C1. The van der Waals surface area contributed by atoms with Gasteiger partial charge in [0, 0.05) is 63.9 Å². The molecule has 0 spiro atoms. The molecule has 2 aromatic heterocycles. The molecule has 0 saturated carbocycles. The van der Waals surface area contributed by atoms with Crippen molar-refractivity contribution in [1.29, 1.82) is 0 Å². The second-order valence-corrected chi connectivity index (χ2v) is 6.98. The molecule has 0 aliphatic carbocycles. The van der Waals surface area contributed by atoms with Crippen LogP contribution < -0.4 is 0 Å². The van der Waals surface area contributed by atoms with Gasteiger partial charge in [0.2, 0.25) is 0 Å². The zero-order valence-corrected chi connectivity index (χ0v) is 14.3. The lowest BCUT2D eigenvalue weighted by Gasteiger charge is -2.37. The van der Waals surface area contributed by atoms with E-state index in [1.54, 1.807) is 0 Å². The van der Waals surface area contributed by atoms with Gasteiger partial charge in [0.1, 0.15) is 0 Å². The van der Waals surface area contributed by atoms with Gasteiger partial charge >= 0.3 is 0 Å². The van der Waals surface area contributed by atoms with E-state index in [0.29, 0.717) is 18.8 Å². The van der Waals surface area contributed by atoms with Gasteiger partial charge in [0.25, 0.3) is 0 Å². The zero-order valence-electron chi connectivity index (χ0n) is 14.3. The average Bonchev–Trinajstić information content (AvgIpc) is 3.20. The summed E-state index contributed by atoms with van der Waals surface area (Å²) in [7, 11) is 2.13. The van der Waals surface area contributed by atoms with Crippen molar-refractivity contribution >= 4 is 0 Å². The van der Waals surface area contributed by atoms with Crippen LogP contribution in [0.1, 0.15) is 17.8 Å². The molecule has 0 unspecified atom stereocenters. The predicted octanol–water partition coefficient (Wildman–Crippen LogP) is 1.90. The molecule has 5 nitrogen and oxygen atoms in total. The Morgan fingerprint density at radius 3 is 2.92 bits per heavy atom. The Balaban J connectivity index is 1.28. The maximum Gasteiger partial charge on any atom is 0.0892 e. The maximum absolute atomic E-state index is 6.11. The average molecular weight is 326 g/mol. The van der Waals surface area contributed by atoms with Gasteiger partial charge in [-0.2, -0.15) is 0 Å². The molecule has 2 saturated heterocycles. The molecule has 24 heavy (non-hydrogen) atoms. The maximum atomic E-state index is 6.11. The van der Waals surface area contributed by atoms with Gasteiger partial charge in [0.05, 0.1) is 18.4 Å². The number of fused-ring (bicyclic) bond motifs is 1. The van der Waals surface area contributed by atoms with Gasteiger partial charge in [-0.25, -0.2) is 0 Å². The second kappa shape index (κ2) is 7.05. The van der Waals surface area contributed by atoms with E-state index in [1.807, 2.05) is 24.4 Å². The van der Waals surface area contributed by atoms with Crippen LogP contribution in [0.5, 0.6) is 0 Å². The van der Waals surface area contributed by atoms with Gasteiger partial charge in [-0.05, 0) is 30.7 Å². The summed E-state index contributed by atoms with van der Waals surface area (Å²) < 4.78 is 8.34. The normalized spacial score (nSPS) is 25.0. The largest absolute Gasteiger partial charge is 0.371 e. The fraction of sp³-hybridized carbons (Fsp3) is 0.526. The molecule has 5 heteroatoms. The summed E-state index contributed by atoms with van der Waals surface area (Å²) in [5, 5.41) is 0. The molecule has 4 rings (SSSR count). The smallest absolute Gasteiger partial charge is 0.0892 e. The van der Waals surface area contributed by atoms with Crippen molar-refractivity contribution in [1.82, 2.24) is 19.4 Å². The molecule has 0 radical (unpaired) electrons. The number of hydrogen-bond acceptors (Lipinski definition) is 4. The van der Waals surface area contributed by atoms with Crippen molar-refractivity contribution in [3.8, 4) is 0 Å². The summed E-state index contributed by atoms with van der Waals surface area (Å²) in [4.78, 5) is 9.53. The highest BCUT2D eigenvalue weighted by atomic mass is 16.5. The molecule has 2 aliphatic heterocycles. The first-order chi connectivity index (χ1) is 11.8. The molecule has 128 valence electrons. The third-order valence-electron chi connectivity index (χ3n) is 5.29. The Morgan fingerprint density at radius 2 is 2.12 bits per heavy atom. The van der Waals surface area contributed by atoms with Crippen LogP contribution in [0.15, 0.2) is 42.7 Å². The first-order valence-electron chi connectivity index (χ1n) is 8.86. The Kier molecular flexibility index (Phi) is 4.65. The standard InChI is InChI=1S/C19H26N4O/c1-21-8-4-6-17(21)12-22-9-10-23-14-19(11-18(23)13-22)24-15-16-5-2-3-7-20-16/h2-8,18-19H,9-15H2,1H3/t18-,19+/m0/s1. The van der Waals surface area contributed by atoms with Crippen molar-refractivity contribution < 1.29 is 4.74 Å². The topological polar surface area (TPSA) is 33.5 Å². The number of rotatable bonds is 5. The Hall–Kier alpha value is -1.69. The summed E-state index contributed by atoms with van der Waals surface area (Å²) in [5.74, 6) is 0. The van der Waals surface area contributed by atoms with E-state index in [4.69, 9.17) is 4.74 Å². The molecule has 2 aromatic rings. The lowest BCUT2D eigenvalue weighted by atomic mass is 10.1. The highest BCUT2D eigenvalue weighted by Gasteiger charge is 2.36. The summed E-state index contributed by atoms with van der Waals surface area (Å²) >= 11 is 0. The molecular formula is C19H26N4O. The summed E-state index contributed by atoms with van der Waals surface area (Å²) in [6.45, 7) is 6.18. The van der Waals surface area contributed by atoms with Crippen LogP contribution in [0.25, 0.3) is 0 Å². The molecule has 0 bridgehead atoms. The molecule has 4 heterocycles. The molecular weight excluding hydrogens is 300 g/mol. The Morgan fingerprint density at radius 1 is 1.17 bits per heavy atom. The molecule has 2 aliphatic rings.